The zero-order valence-electron chi connectivity index (χ0n) is 14.8. The van der Waals surface area contributed by atoms with E-state index in [1.54, 1.807) is 0 Å². The Labute approximate surface area is 158 Å². The molecular weight excluding hydrogens is 342 g/mol. The smallest absolute Gasteiger partial charge is 0.105 e. The lowest BCUT2D eigenvalue weighted by Crippen LogP contribution is -2.43. The maximum atomic E-state index is 4.40. The predicted octanol–water partition coefficient (Wildman–Crippen LogP) is 3.18. The third-order valence-electron chi connectivity index (χ3n) is 5.74. The Kier molecular flexibility index (Phi) is 4.40. The highest BCUT2D eigenvalue weighted by Crippen LogP contribution is 2.30. The molecule has 3 fully saturated rings. The zero-order chi connectivity index (χ0) is 17.3. The minimum Gasteiger partial charge on any atom is -0.297 e. The van der Waals surface area contributed by atoms with Crippen LogP contribution in [-0.2, 0) is 13.1 Å². The molecule has 3 saturated heterocycles. The maximum absolute atomic E-state index is 4.40. The van der Waals surface area contributed by atoms with E-state index in [4.69, 9.17) is 0 Å². The predicted molar refractivity (Wildman–Crippen MR) is 104 cm³/mol. The van der Waals surface area contributed by atoms with Crippen molar-refractivity contribution in [2.75, 3.05) is 19.6 Å². The number of nitrogens with zero attached hydrogens (tertiary/aromatic N) is 5. The topological polar surface area (TPSA) is 45.2 Å². The van der Waals surface area contributed by atoms with Gasteiger partial charge in [0.05, 0.1) is 11.7 Å². The molecule has 3 aliphatic rings. The Hall–Kier alpha value is -1.89. The van der Waals surface area contributed by atoms with E-state index in [-0.39, 0.29) is 0 Å². The normalized spacial score (nSPS) is 24.2. The van der Waals surface area contributed by atoms with Gasteiger partial charge in [0.15, 0.2) is 0 Å². The molecule has 6 rings (SSSR count). The summed E-state index contributed by atoms with van der Waals surface area (Å²) in [4.78, 5) is 9.60. The SMILES string of the molecule is c1cncc(CN2CC3CCC(C2)N(Cc2ccc4nsnc4c2)C3)c1. The molecule has 3 aromatic rings. The number of rotatable bonds is 4. The van der Waals surface area contributed by atoms with Crippen molar-refractivity contribution in [3.05, 3.63) is 53.9 Å². The lowest BCUT2D eigenvalue weighted by Gasteiger charge is -2.36. The Bertz CT molecular complexity index is 880. The standard InChI is InChI=1S/C20H23N5S/c1-2-16(9-21-7-1)10-24-11-17-3-5-18(14-24)25(13-17)12-15-4-6-19-20(8-15)23-26-22-19/h1-2,4,6-9,17-18H,3,5,10-14H2. The second kappa shape index (κ2) is 7.02. The summed E-state index contributed by atoms with van der Waals surface area (Å²) in [6.07, 6.45) is 6.53. The van der Waals surface area contributed by atoms with Crippen molar-refractivity contribution in [3.8, 4) is 0 Å². The van der Waals surface area contributed by atoms with Gasteiger partial charge in [-0.2, -0.15) is 8.75 Å². The van der Waals surface area contributed by atoms with Gasteiger partial charge in [-0.3, -0.25) is 14.8 Å². The van der Waals surface area contributed by atoms with E-state index < -0.39 is 0 Å². The molecule has 2 unspecified atom stereocenters. The first-order chi connectivity index (χ1) is 12.8. The molecule has 0 saturated carbocycles. The first-order valence-electron chi connectivity index (χ1n) is 9.40. The monoisotopic (exact) mass is 365 g/mol. The van der Waals surface area contributed by atoms with Crippen molar-refractivity contribution in [1.29, 1.82) is 0 Å². The van der Waals surface area contributed by atoms with Crippen LogP contribution >= 0.6 is 11.7 Å². The summed E-state index contributed by atoms with van der Waals surface area (Å²) in [6, 6.07) is 11.4. The molecule has 0 radical (unpaired) electrons. The van der Waals surface area contributed by atoms with Crippen LogP contribution in [-0.4, -0.2) is 49.2 Å². The average Bonchev–Trinajstić information content (AvgIpc) is 2.96. The number of benzene rings is 1. The molecule has 6 heteroatoms. The van der Waals surface area contributed by atoms with Gasteiger partial charge in [0.1, 0.15) is 11.0 Å². The fraction of sp³-hybridized carbons (Fsp3) is 0.450. The van der Waals surface area contributed by atoms with Crippen molar-refractivity contribution >= 4 is 22.8 Å². The lowest BCUT2D eigenvalue weighted by atomic mass is 9.94. The van der Waals surface area contributed by atoms with Crippen molar-refractivity contribution in [3.63, 3.8) is 0 Å². The third-order valence-corrected chi connectivity index (χ3v) is 6.29. The second-order valence-corrected chi connectivity index (χ2v) is 8.20. The van der Waals surface area contributed by atoms with E-state index in [0.29, 0.717) is 6.04 Å². The molecule has 2 aromatic heterocycles. The molecule has 5 heterocycles. The number of aromatic nitrogens is 3. The molecule has 0 spiro atoms. The van der Waals surface area contributed by atoms with Gasteiger partial charge in [0.25, 0.3) is 0 Å². The minimum absolute atomic E-state index is 0.648. The summed E-state index contributed by atoms with van der Waals surface area (Å²) in [5, 5.41) is 0. The molecule has 3 aliphatic heterocycles. The van der Waals surface area contributed by atoms with Gasteiger partial charge >= 0.3 is 0 Å². The summed E-state index contributed by atoms with van der Waals surface area (Å²) < 4.78 is 8.71. The van der Waals surface area contributed by atoms with Crippen LogP contribution in [0.1, 0.15) is 24.0 Å². The van der Waals surface area contributed by atoms with Crippen LogP contribution in [0.25, 0.3) is 11.0 Å². The average molecular weight is 366 g/mol. The van der Waals surface area contributed by atoms with E-state index in [1.165, 1.54) is 48.8 Å². The fourth-order valence-electron chi connectivity index (χ4n) is 4.51. The van der Waals surface area contributed by atoms with Gasteiger partial charge in [-0.05, 0) is 48.1 Å². The van der Waals surface area contributed by atoms with Gasteiger partial charge < -0.3 is 0 Å². The molecule has 0 amide bonds. The van der Waals surface area contributed by atoms with Crippen LogP contribution in [0, 0.1) is 5.92 Å². The van der Waals surface area contributed by atoms with Crippen LogP contribution < -0.4 is 0 Å². The van der Waals surface area contributed by atoms with Crippen LogP contribution in [0.5, 0.6) is 0 Å². The van der Waals surface area contributed by atoms with E-state index >= 15 is 0 Å². The summed E-state index contributed by atoms with van der Waals surface area (Å²) in [5.74, 6) is 0.773. The number of hydrogen-bond donors (Lipinski definition) is 0. The van der Waals surface area contributed by atoms with Gasteiger partial charge in [0.2, 0.25) is 0 Å². The molecule has 26 heavy (non-hydrogen) atoms. The van der Waals surface area contributed by atoms with Crippen molar-refractivity contribution in [1.82, 2.24) is 23.5 Å². The largest absolute Gasteiger partial charge is 0.297 e. The van der Waals surface area contributed by atoms with Crippen LogP contribution in [0.15, 0.2) is 42.7 Å². The number of piperidine rings is 1. The molecule has 2 bridgehead atoms. The molecular formula is C20H23N5S. The van der Waals surface area contributed by atoms with Gasteiger partial charge in [-0.15, -0.1) is 0 Å². The van der Waals surface area contributed by atoms with Crippen molar-refractivity contribution < 1.29 is 0 Å². The van der Waals surface area contributed by atoms with E-state index in [0.717, 1.165) is 36.6 Å². The highest BCUT2D eigenvalue weighted by atomic mass is 32.1. The zero-order valence-corrected chi connectivity index (χ0v) is 15.6. The Morgan fingerprint density at radius 2 is 1.92 bits per heavy atom. The van der Waals surface area contributed by atoms with Crippen molar-refractivity contribution in [2.24, 2.45) is 5.92 Å². The van der Waals surface area contributed by atoms with E-state index in [9.17, 15) is 0 Å². The first-order valence-corrected chi connectivity index (χ1v) is 10.1. The van der Waals surface area contributed by atoms with E-state index in [2.05, 4.69) is 47.8 Å². The molecule has 5 nitrogen and oxygen atoms in total. The van der Waals surface area contributed by atoms with Gasteiger partial charge in [-0.1, -0.05) is 12.1 Å². The lowest BCUT2D eigenvalue weighted by molar-refractivity contribution is 0.123. The Morgan fingerprint density at radius 1 is 0.962 bits per heavy atom. The maximum Gasteiger partial charge on any atom is 0.105 e. The van der Waals surface area contributed by atoms with Crippen LogP contribution in [0.2, 0.25) is 0 Å². The van der Waals surface area contributed by atoms with Gasteiger partial charge in [0, 0.05) is 51.2 Å². The highest BCUT2D eigenvalue weighted by molar-refractivity contribution is 7.00. The number of hydrogen-bond acceptors (Lipinski definition) is 6. The third kappa shape index (κ3) is 3.37. The van der Waals surface area contributed by atoms with E-state index in [1.807, 2.05) is 18.5 Å². The Morgan fingerprint density at radius 3 is 2.85 bits per heavy atom. The molecule has 0 N–H and O–H groups in total. The summed E-state index contributed by atoms with van der Waals surface area (Å²) in [5.41, 5.74) is 4.72. The molecule has 1 aromatic carbocycles. The minimum atomic E-state index is 0.648. The molecule has 0 aliphatic carbocycles. The second-order valence-electron chi connectivity index (χ2n) is 7.67. The van der Waals surface area contributed by atoms with Crippen molar-refractivity contribution in [2.45, 2.75) is 32.0 Å². The quantitative estimate of drug-likeness (QED) is 0.710. The molecule has 134 valence electrons. The summed E-state index contributed by atoms with van der Waals surface area (Å²) in [6.45, 7) is 5.62. The fourth-order valence-corrected chi connectivity index (χ4v) is 5.03. The summed E-state index contributed by atoms with van der Waals surface area (Å²) >= 11 is 1.30. The van der Waals surface area contributed by atoms with Gasteiger partial charge in [-0.25, -0.2) is 0 Å². The highest BCUT2D eigenvalue weighted by Gasteiger charge is 2.34. The molecule has 2 atom stereocenters. The first kappa shape index (κ1) is 16.3. The summed E-state index contributed by atoms with van der Waals surface area (Å²) in [7, 11) is 0. The number of fused-ring (bicyclic) bond motifs is 5. The van der Waals surface area contributed by atoms with Crippen LogP contribution in [0.3, 0.4) is 0 Å². The van der Waals surface area contributed by atoms with Crippen LogP contribution in [0.4, 0.5) is 0 Å². The Balaban J connectivity index is 1.30. The number of pyridine rings is 1.